The zero-order chi connectivity index (χ0) is 21.2. The standard InChI is InChI=1S/C23H28BrNO4/c1-4-5-16(2)15-29-20-12-8-18(9-13-20)22(23(27)28-3)25-21(26)14-17-6-10-19(24)11-7-17/h6-13,16,22H,4-5,14-15H2,1-3H3,(H,25,26)/t16?,22-/m1/s1. The van der Waals surface area contributed by atoms with Gasteiger partial charge in [0.05, 0.1) is 20.1 Å². The number of ether oxygens (including phenoxy) is 2. The Kier molecular flexibility index (Phi) is 9.19. The van der Waals surface area contributed by atoms with E-state index in [0.717, 1.165) is 28.6 Å². The lowest BCUT2D eigenvalue weighted by Crippen LogP contribution is -2.35. The van der Waals surface area contributed by atoms with Crippen LogP contribution in [0.15, 0.2) is 53.0 Å². The highest BCUT2D eigenvalue weighted by Gasteiger charge is 2.23. The van der Waals surface area contributed by atoms with Crippen molar-refractivity contribution in [1.29, 1.82) is 0 Å². The number of halogens is 1. The van der Waals surface area contributed by atoms with Crippen molar-refractivity contribution in [3.8, 4) is 5.75 Å². The molecule has 0 heterocycles. The Hall–Kier alpha value is -2.34. The molecule has 0 fully saturated rings. The molecule has 1 N–H and O–H groups in total. The van der Waals surface area contributed by atoms with Crippen molar-refractivity contribution in [2.75, 3.05) is 13.7 Å². The van der Waals surface area contributed by atoms with Gasteiger partial charge in [-0.15, -0.1) is 0 Å². The number of nitrogens with one attached hydrogen (secondary N) is 1. The predicted octanol–water partition coefficient (Wildman–Crippen LogP) is 4.84. The first-order valence-corrected chi connectivity index (χ1v) is 10.6. The monoisotopic (exact) mass is 461 g/mol. The molecule has 0 aliphatic rings. The summed E-state index contributed by atoms with van der Waals surface area (Å²) >= 11 is 3.37. The predicted molar refractivity (Wildman–Crippen MR) is 117 cm³/mol. The van der Waals surface area contributed by atoms with Gasteiger partial charge in [0, 0.05) is 4.47 Å². The van der Waals surface area contributed by atoms with Gasteiger partial charge in [-0.2, -0.15) is 0 Å². The van der Waals surface area contributed by atoms with Gasteiger partial charge in [-0.05, 0) is 47.7 Å². The largest absolute Gasteiger partial charge is 0.493 e. The minimum absolute atomic E-state index is 0.178. The van der Waals surface area contributed by atoms with Crippen LogP contribution in [0.4, 0.5) is 0 Å². The van der Waals surface area contributed by atoms with Crippen molar-refractivity contribution in [3.63, 3.8) is 0 Å². The first kappa shape index (κ1) is 22.9. The van der Waals surface area contributed by atoms with Gasteiger partial charge < -0.3 is 14.8 Å². The third kappa shape index (κ3) is 7.54. The number of benzene rings is 2. The third-order valence-electron chi connectivity index (χ3n) is 4.55. The number of carbonyl (C=O) groups is 2. The van der Waals surface area contributed by atoms with Crippen molar-refractivity contribution >= 4 is 27.8 Å². The summed E-state index contributed by atoms with van der Waals surface area (Å²) in [6.07, 6.45) is 2.43. The summed E-state index contributed by atoms with van der Waals surface area (Å²) in [5, 5.41) is 2.77. The van der Waals surface area contributed by atoms with E-state index in [0.29, 0.717) is 18.1 Å². The summed E-state index contributed by atoms with van der Waals surface area (Å²) in [5.74, 6) is 0.456. The number of amides is 1. The van der Waals surface area contributed by atoms with Crippen LogP contribution in [0.3, 0.4) is 0 Å². The molecule has 2 aromatic carbocycles. The molecule has 2 atom stereocenters. The van der Waals surface area contributed by atoms with Crippen LogP contribution in [0.25, 0.3) is 0 Å². The summed E-state index contributed by atoms with van der Waals surface area (Å²) in [7, 11) is 1.31. The van der Waals surface area contributed by atoms with Crippen LogP contribution in [0, 0.1) is 5.92 Å². The fourth-order valence-electron chi connectivity index (χ4n) is 2.97. The molecular weight excluding hydrogens is 434 g/mol. The molecule has 5 nitrogen and oxygen atoms in total. The van der Waals surface area contributed by atoms with E-state index in [1.54, 1.807) is 12.1 Å². The minimum atomic E-state index is -0.865. The number of hydrogen-bond donors (Lipinski definition) is 1. The smallest absolute Gasteiger partial charge is 0.333 e. The molecule has 0 bridgehead atoms. The highest BCUT2D eigenvalue weighted by Crippen LogP contribution is 2.20. The molecule has 156 valence electrons. The zero-order valence-electron chi connectivity index (χ0n) is 17.1. The fraction of sp³-hybridized carbons (Fsp3) is 0.391. The SMILES string of the molecule is CCCC(C)COc1ccc([C@@H](NC(=O)Cc2ccc(Br)cc2)C(=O)OC)cc1. The van der Waals surface area contributed by atoms with Crippen LogP contribution in [0.5, 0.6) is 5.75 Å². The molecule has 1 unspecified atom stereocenters. The van der Waals surface area contributed by atoms with Crippen LogP contribution in [-0.2, 0) is 20.7 Å². The maximum atomic E-state index is 12.5. The molecule has 0 aliphatic carbocycles. The Balaban J connectivity index is 2.02. The first-order valence-electron chi connectivity index (χ1n) is 9.77. The first-order chi connectivity index (χ1) is 13.9. The molecule has 0 spiro atoms. The lowest BCUT2D eigenvalue weighted by Gasteiger charge is -2.18. The van der Waals surface area contributed by atoms with Gasteiger partial charge in [0.15, 0.2) is 6.04 Å². The second-order valence-electron chi connectivity index (χ2n) is 7.10. The van der Waals surface area contributed by atoms with Crippen molar-refractivity contribution in [1.82, 2.24) is 5.32 Å². The van der Waals surface area contributed by atoms with E-state index >= 15 is 0 Å². The van der Waals surface area contributed by atoms with E-state index in [9.17, 15) is 9.59 Å². The second-order valence-corrected chi connectivity index (χ2v) is 8.02. The van der Waals surface area contributed by atoms with E-state index in [1.165, 1.54) is 7.11 Å². The number of methoxy groups -OCH3 is 1. The molecular formula is C23H28BrNO4. The number of carbonyl (C=O) groups excluding carboxylic acids is 2. The molecule has 2 rings (SSSR count). The van der Waals surface area contributed by atoms with Gasteiger partial charge in [-0.3, -0.25) is 4.79 Å². The quantitative estimate of drug-likeness (QED) is 0.514. The molecule has 0 saturated heterocycles. The van der Waals surface area contributed by atoms with Gasteiger partial charge in [-0.1, -0.05) is 60.5 Å². The maximum Gasteiger partial charge on any atom is 0.333 e. The minimum Gasteiger partial charge on any atom is -0.493 e. The van der Waals surface area contributed by atoms with Crippen LogP contribution in [-0.4, -0.2) is 25.6 Å². The number of esters is 1. The lowest BCUT2D eigenvalue weighted by atomic mass is 10.1. The van der Waals surface area contributed by atoms with Crippen LogP contribution >= 0.6 is 15.9 Å². The van der Waals surface area contributed by atoms with E-state index in [-0.39, 0.29) is 12.3 Å². The van der Waals surface area contributed by atoms with E-state index in [1.807, 2.05) is 36.4 Å². The van der Waals surface area contributed by atoms with Crippen molar-refractivity contribution in [2.24, 2.45) is 5.92 Å². The Morgan fingerprint density at radius 1 is 1.07 bits per heavy atom. The molecule has 2 aromatic rings. The maximum absolute atomic E-state index is 12.5. The molecule has 6 heteroatoms. The van der Waals surface area contributed by atoms with E-state index in [2.05, 4.69) is 35.1 Å². The molecule has 1 amide bonds. The molecule has 29 heavy (non-hydrogen) atoms. The summed E-state index contributed by atoms with van der Waals surface area (Å²) in [6.45, 7) is 4.97. The van der Waals surface area contributed by atoms with Crippen LogP contribution in [0.2, 0.25) is 0 Å². The molecule has 0 aromatic heterocycles. The van der Waals surface area contributed by atoms with E-state index < -0.39 is 12.0 Å². The second kappa shape index (κ2) is 11.6. The lowest BCUT2D eigenvalue weighted by molar-refractivity contribution is -0.145. The van der Waals surface area contributed by atoms with Crippen molar-refractivity contribution < 1.29 is 19.1 Å². The third-order valence-corrected chi connectivity index (χ3v) is 5.08. The van der Waals surface area contributed by atoms with Gasteiger partial charge in [0.25, 0.3) is 0 Å². The Bertz CT molecular complexity index is 790. The normalized spacial score (nSPS) is 12.7. The van der Waals surface area contributed by atoms with Crippen LogP contribution < -0.4 is 10.1 Å². The Morgan fingerprint density at radius 3 is 2.31 bits per heavy atom. The van der Waals surface area contributed by atoms with E-state index in [4.69, 9.17) is 9.47 Å². The summed E-state index contributed by atoms with van der Waals surface area (Å²) in [5.41, 5.74) is 1.51. The summed E-state index contributed by atoms with van der Waals surface area (Å²) in [6, 6.07) is 13.8. The highest BCUT2D eigenvalue weighted by atomic mass is 79.9. The van der Waals surface area contributed by atoms with Crippen molar-refractivity contribution in [3.05, 3.63) is 64.1 Å². The van der Waals surface area contributed by atoms with Gasteiger partial charge in [-0.25, -0.2) is 4.79 Å². The van der Waals surface area contributed by atoms with Gasteiger partial charge in [0.2, 0.25) is 5.91 Å². The highest BCUT2D eigenvalue weighted by molar-refractivity contribution is 9.10. The Morgan fingerprint density at radius 2 is 1.72 bits per heavy atom. The molecule has 0 saturated carbocycles. The topological polar surface area (TPSA) is 64.6 Å². The Labute approximate surface area is 180 Å². The zero-order valence-corrected chi connectivity index (χ0v) is 18.7. The summed E-state index contributed by atoms with van der Waals surface area (Å²) in [4.78, 5) is 24.7. The number of rotatable bonds is 10. The fourth-order valence-corrected chi connectivity index (χ4v) is 3.23. The molecule has 0 radical (unpaired) electrons. The number of hydrogen-bond acceptors (Lipinski definition) is 4. The van der Waals surface area contributed by atoms with Crippen LogP contribution in [0.1, 0.15) is 43.9 Å². The average Bonchev–Trinajstić information content (AvgIpc) is 2.72. The molecule has 0 aliphatic heterocycles. The average molecular weight is 462 g/mol. The van der Waals surface area contributed by atoms with Crippen molar-refractivity contribution in [2.45, 2.75) is 39.2 Å². The van der Waals surface area contributed by atoms with Gasteiger partial charge in [0.1, 0.15) is 5.75 Å². The van der Waals surface area contributed by atoms with Gasteiger partial charge >= 0.3 is 5.97 Å². The summed E-state index contributed by atoms with van der Waals surface area (Å²) < 4.78 is 11.6.